The van der Waals surface area contributed by atoms with Crippen molar-refractivity contribution in [2.75, 3.05) is 7.11 Å². The molecule has 0 spiro atoms. The second-order valence-electron chi connectivity index (χ2n) is 4.50. The lowest BCUT2D eigenvalue weighted by molar-refractivity contribution is 0.0599. The zero-order valence-corrected chi connectivity index (χ0v) is 13.4. The normalized spacial score (nSPS) is 10.6. The highest BCUT2D eigenvalue weighted by molar-refractivity contribution is 9.10. The molecule has 0 atom stereocenters. The lowest BCUT2D eigenvalue weighted by Crippen LogP contribution is -2.06. The van der Waals surface area contributed by atoms with E-state index >= 15 is 0 Å². The Morgan fingerprint density at radius 2 is 2.05 bits per heavy atom. The van der Waals surface area contributed by atoms with Crippen molar-refractivity contribution in [1.82, 2.24) is 9.55 Å². The summed E-state index contributed by atoms with van der Waals surface area (Å²) in [6.07, 6.45) is 4.48. The molecule has 5 heteroatoms. The van der Waals surface area contributed by atoms with E-state index in [1.807, 2.05) is 19.1 Å². The summed E-state index contributed by atoms with van der Waals surface area (Å²) in [6.45, 7) is 4.90. The molecule has 0 bridgehead atoms. The minimum Gasteiger partial charge on any atom is -0.465 e. The van der Waals surface area contributed by atoms with E-state index in [1.165, 1.54) is 7.11 Å². The number of rotatable bonds is 4. The van der Waals surface area contributed by atoms with E-state index in [1.54, 1.807) is 12.4 Å². The number of aromatic nitrogens is 2. The molecule has 0 unspecified atom stereocenters. The van der Waals surface area contributed by atoms with E-state index in [0.717, 1.165) is 34.4 Å². The van der Waals surface area contributed by atoms with Crippen LogP contribution < -0.4 is 0 Å². The van der Waals surface area contributed by atoms with Gasteiger partial charge in [0.1, 0.15) is 0 Å². The Balaban J connectivity index is 2.69. The summed E-state index contributed by atoms with van der Waals surface area (Å²) >= 11 is 3.56. The van der Waals surface area contributed by atoms with Gasteiger partial charge in [0, 0.05) is 30.2 Å². The average molecular weight is 337 g/mol. The number of carbonyl (C=O) groups excluding carboxylic acids is 1. The molecule has 0 aromatic carbocycles. The summed E-state index contributed by atoms with van der Waals surface area (Å²) in [5.41, 5.74) is 3.52. The molecule has 0 aliphatic heterocycles. The minimum atomic E-state index is -0.320. The van der Waals surface area contributed by atoms with Crippen LogP contribution in [-0.2, 0) is 11.3 Å². The molecule has 0 fully saturated rings. The molecule has 0 aliphatic carbocycles. The molecular formula is C15H17BrN2O2. The highest BCUT2D eigenvalue weighted by atomic mass is 79.9. The molecule has 0 saturated heterocycles. The van der Waals surface area contributed by atoms with Gasteiger partial charge in [0.05, 0.1) is 22.8 Å². The van der Waals surface area contributed by atoms with Crippen LogP contribution in [0.4, 0.5) is 0 Å². The van der Waals surface area contributed by atoms with Gasteiger partial charge in [0.15, 0.2) is 0 Å². The van der Waals surface area contributed by atoms with Gasteiger partial charge in [-0.25, -0.2) is 4.79 Å². The Labute approximate surface area is 126 Å². The molecule has 4 nitrogen and oxygen atoms in total. The van der Waals surface area contributed by atoms with Crippen molar-refractivity contribution >= 4 is 21.9 Å². The van der Waals surface area contributed by atoms with Crippen molar-refractivity contribution < 1.29 is 9.53 Å². The Hall–Kier alpha value is -1.62. The van der Waals surface area contributed by atoms with Gasteiger partial charge in [0.25, 0.3) is 0 Å². The maximum Gasteiger partial charge on any atom is 0.340 e. The predicted molar refractivity (Wildman–Crippen MR) is 81.7 cm³/mol. The Morgan fingerprint density at radius 1 is 1.40 bits per heavy atom. The monoisotopic (exact) mass is 336 g/mol. The predicted octanol–water partition coefficient (Wildman–Crippen LogP) is 3.82. The van der Waals surface area contributed by atoms with Gasteiger partial charge in [0.2, 0.25) is 0 Å². The number of pyridine rings is 1. The van der Waals surface area contributed by atoms with E-state index in [4.69, 9.17) is 4.74 Å². The van der Waals surface area contributed by atoms with E-state index in [0.29, 0.717) is 5.56 Å². The third kappa shape index (κ3) is 2.50. The number of carbonyl (C=O) groups is 1. The summed E-state index contributed by atoms with van der Waals surface area (Å²) < 4.78 is 7.81. The highest BCUT2D eigenvalue weighted by Crippen LogP contribution is 2.36. The topological polar surface area (TPSA) is 44.1 Å². The molecular weight excluding hydrogens is 320 g/mol. The summed E-state index contributed by atoms with van der Waals surface area (Å²) in [7, 11) is 1.40. The van der Waals surface area contributed by atoms with Gasteiger partial charge in [-0.1, -0.05) is 6.92 Å². The van der Waals surface area contributed by atoms with Crippen LogP contribution in [-0.4, -0.2) is 22.6 Å². The fraction of sp³-hybridized carbons (Fsp3) is 0.333. The Morgan fingerprint density at radius 3 is 2.60 bits per heavy atom. The number of hydrogen-bond donors (Lipinski definition) is 0. The fourth-order valence-corrected chi connectivity index (χ4v) is 3.22. The number of hydrogen-bond acceptors (Lipinski definition) is 3. The van der Waals surface area contributed by atoms with Crippen molar-refractivity contribution in [3.8, 4) is 11.3 Å². The third-order valence-corrected chi connectivity index (χ3v) is 4.03. The molecule has 0 amide bonds. The maximum atomic E-state index is 12.0. The van der Waals surface area contributed by atoms with Gasteiger partial charge in [-0.15, -0.1) is 0 Å². The average Bonchev–Trinajstić information content (AvgIpc) is 2.71. The lowest BCUT2D eigenvalue weighted by Gasteiger charge is -2.10. The van der Waals surface area contributed by atoms with Crippen LogP contribution in [0.15, 0.2) is 29.0 Å². The maximum absolute atomic E-state index is 12.0. The fourth-order valence-electron chi connectivity index (χ4n) is 2.33. The van der Waals surface area contributed by atoms with Crippen molar-refractivity contribution in [2.45, 2.75) is 26.8 Å². The molecule has 2 aromatic rings. The van der Waals surface area contributed by atoms with Crippen LogP contribution in [0.3, 0.4) is 0 Å². The van der Waals surface area contributed by atoms with Crippen LogP contribution in [0.2, 0.25) is 0 Å². The van der Waals surface area contributed by atoms with Crippen LogP contribution in [0.1, 0.15) is 29.4 Å². The molecule has 0 saturated carbocycles. The summed E-state index contributed by atoms with van der Waals surface area (Å²) in [6, 6.07) is 3.87. The van der Waals surface area contributed by atoms with Crippen LogP contribution in [0.25, 0.3) is 11.3 Å². The first-order valence-electron chi connectivity index (χ1n) is 6.49. The van der Waals surface area contributed by atoms with Gasteiger partial charge in [-0.2, -0.15) is 0 Å². The second kappa shape index (κ2) is 6.22. The lowest BCUT2D eigenvalue weighted by atomic mass is 10.2. The van der Waals surface area contributed by atoms with E-state index in [9.17, 15) is 4.79 Å². The van der Waals surface area contributed by atoms with Gasteiger partial charge in [-0.3, -0.25) is 4.98 Å². The number of methoxy groups -OCH3 is 1. The van der Waals surface area contributed by atoms with E-state index in [2.05, 4.69) is 32.4 Å². The van der Waals surface area contributed by atoms with Gasteiger partial charge < -0.3 is 9.30 Å². The number of esters is 1. The smallest absolute Gasteiger partial charge is 0.340 e. The van der Waals surface area contributed by atoms with E-state index < -0.39 is 0 Å². The zero-order valence-electron chi connectivity index (χ0n) is 11.8. The molecule has 20 heavy (non-hydrogen) atoms. The van der Waals surface area contributed by atoms with Gasteiger partial charge in [-0.05, 0) is 41.4 Å². The molecule has 2 aromatic heterocycles. The molecule has 2 heterocycles. The molecule has 0 N–H and O–H groups in total. The van der Waals surface area contributed by atoms with Crippen molar-refractivity contribution in [1.29, 1.82) is 0 Å². The largest absolute Gasteiger partial charge is 0.465 e. The summed E-state index contributed by atoms with van der Waals surface area (Å²) in [5.74, 6) is -0.320. The molecule has 0 aliphatic rings. The minimum absolute atomic E-state index is 0.320. The quantitative estimate of drug-likeness (QED) is 0.797. The third-order valence-electron chi connectivity index (χ3n) is 3.25. The van der Waals surface area contributed by atoms with Crippen LogP contribution in [0.5, 0.6) is 0 Å². The summed E-state index contributed by atoms with van der Waals surface area (Å²) in [4.78, 5) is 16.0. The van der Waals surface area contributed by atoms with Crippen molar-refractivity contribution in [2.24, 2.45) is 0 Å². The zero-order chi connectivity index (χ0) is 14.7. The first-order chi connectivity index (χ1) is 9.61. The standard InChI is InChI=1S/C15H17BrN2O2/c1-4-9-18-10(2)12(15(19)20-3)13(16)14(18)11-5-7-17-8-6-11/h5-8H,4,9H2,1-3H3. The highest BCUT2D eigenvalue weighted by Gasteiger charge is 2.24. The van der Waals surface area contributed by atoms with Crippen LogP contribution in [0, 0.1) is 6.92 Å². The van der Waals surface area contributed by atoms with Crippen molar-refractivity contribution in [3.05, 3.63) is 40.3 Å². The first kappa shape index (κ1) is 14.8. The number of halogens is 1. The molecule has 106 valence electrons. The van der Waals surface area contributed by atoms with Crippen LogP contribution >= 0.6 is 15.9 Å². The van der Waals surface area contributed by atoms with E-state index in [-0.39, 0.29) is 5.97 Å². The number of ether oxygens (including phenoxy) is 1. The SMILES string of the molecule is CCCn1c(C)c(C(=O)OC)c(Br)c1-c1ccncc1. The molecule has 2 rings (SSSR count). The Bertz CT molecular complexity index is 621. The van der Waals surface area contributed by atoms with Gasteiger partial charge >= 0.3 is 5.97 Å². The second-order valence-corrected chi connectivity index (χ2v) is 5.30. The summed E-state index contributed by atoms with van der Waals surface area (Å²) in [5, 5.41) is 0. The first-order valence-corrected chi connectivity index (χ1v) is 7.28. The van der Waals surface area contributed by atoms with Crippen molar-refractivity contribution in [3.63, 3.8) is 0 Å². The number of nitrogens with zero attached hydrogens (tertiary/aromatic N) is 2. The molecule has 0 radical (unpaired) electrons. The Kier molecular flexibility index (Phi) is 4.60.